The van der Waals surface area contributed by atoms with Gasteiger partial charge in [0.25, 0.3) is 0 Å². The second-order valence-corrected chi connectivity index (χ2v) is 65.4. The number of ether oxygens (including phenoxy) is 4. The zero-order chi connectivity index (χ0) is 101. The Bertz CT molecular complexity index is 4850. The molecule has 0 aromatic heterocycles. The molecule has 0 spiro atoms. The molecule has 4 fully saturated rings. The van der Waals surface area contributed by atoms with Gasteiger partial charge in [-0.1, -0.05) is 215 Å². The van der Waals surface area contributed by atoms with E-state index in [1.165, 1.54) is 106 Å². The molecule has 8 aromatic rings. The Morgan fingerprint density at radius 2 is 0.545 bits per heavy atom. The van der Waals surface area contributed by atoms with Crippen LogP contribution >= 0.6 is 77.5 Å². The first-order valence-electron chi connectivity index (χ1n) is 47.5. The number of nitrogens with zero attached hydrogens (tertiary/aromatic N) is 4. The first kappa shape index (κ1) is 121. The minimum absolute atomic E-state index is 0.163. The van der Waals surface area contributed by atoms with E-state index in [9.17, 15) is 0 Å². The summed E-state index contributed by atoms with van der Waals surface area (Å²) >= 11 is -7.08. The topological polar surface area (TPSA) is 49.9 Å². The third-order valence-corrected chi connectivity index (χ3v) is 30.9. The summed E-state index contributed by atoms with van der Waals surface area (Å²) in [5, 5.41) is 0. The molecule has 4 saturated heterocycles. The SMILES string of the molecule is CC(C)Oc1ccccc1[CH]=[Ru]([Cl])[Cl].CC(C)Oc1ccccc1[CH]=[Ru]([Cl])[Cl].CC(C)Oc1ccccc1[CH]=[Ru]([Cl])[Cl].CC(C)Oc1ccccc1[CH]=[Ru]([Cl])[Cl].CCC1(CC)[CH-]N(c2c(C)cccc2C(C)C)C(C)(C)C1.CCc1cccc(C)c1N1[CH-]C(C)(C)CC1(C)C.Cc1cccc(C(C)C)c1N1[CH-]C(C)(C)CC1(C)C.Cc1cccc(CC(C)C)c1N1[CH-]C(C)(C)CC1(C)C. The van der Waals surface area contributed by atoms with Crippen molar-refractivity contribution in [2.45, 2.75) is 352 Å². The molecule has 0 amide bonds. The molecule has 0 unspecified atom stereocenters. The molecule has 756 valence electrons. The van der Waals surface area contributed by atoms with Crippen LogP contribution in [0.3, 0.4) is 0 Å². The molecule has 8 aromatic carbocycles. The normalized spacial score (nSPS) is 16.9. The van der Waals surface area contributed by atoms with Crippen molar-refractivity contribution in [1.82, 2.24) is 0 Å². The predicted octanol–water partition coefficient (Wildman–Crippen LogP) is 35.7. The van der Waals surface area contributed by atoms with Crippen molar-refractivity contribution in [3.8, 4) is 23.0 Å². The van der Waals surface area contributed by atoms with Gasteiger partial charge in [0.1, 0.15) is 0 Å². The first-order chi connectivity index (χ1) is 62.2. The van der Waals surface area contributed by atoms with E-state index in [-0.39, 0.29) is 62.8 Å². The summed E-state index contributed by atoms with van der Waals surface area (Å²) in [7, 11) is 46.5. The molecule has 4 aliphatic rings. The van der Waals surface area contributed by atoms with Gasteiger partial charge in [-0.3, -0.25) is 0 Å². The van der Waals surface area contributed by atoms with E-state index in [0.717, 1.165) is 58.1 Å². The second-order valence-electron chi connectivity index (χ2n) is 42.5. The van der Waals surface area contributed by atoms with E-state index in [2.05, 4.69) is 306 Å². The van der Waals surface area contributed by atoms with Crippen molar-refractivity contribution in [3.63, 3.8) is 0 Å². The Labute approximate surface area is 867 Å². The van der Waals surface area contributed by atoms with Crippen LogP contribution in [0, 0.1) is 81.5 Å². The minimum Gasteiger partial charge on any atom is -0.517 e. The standard InChI is InChI=1S/C20H32N.C19H30N.C18H28N.C17H26N.4C10H12O.8ClH.4Ru/c1-8-20(9-2)13-19(6,7)21(14-20)18-16(5)11-10-12-17(18)15(3)4;1-14(2)11-16-10-8-9-15(3)17(16)20-13-18(4,5)12-19(20,6)7;1-13(2)15-10-8-9-14(3)16(15)19-12-17(4,5)11-18(19,6)7;1-7-14-10-8-9-13(2)15(14)18-12-16(3,4)11-17(18,5)6;4*1-8(2)11-10-7-5-4-6-9(10)3;;;;;;;;;;;;/h10-12,14-15H,8-9,13H2,1-7H3;8-10,13-14H,11-12H2,1-7H3;8-10,12-13H,11H2,1-7H3;8-10,12H,7,11H2,1-6H3;4*3-8H,1-2H3;8*1H;;;;/q4*-1;;;;;;;;;;;;;4*+2/p-8. The monoisotopic (exact) mass is 2340 g/mol. The fourth-order valence-electron chi connectivity index (χ4n) is 18.9. The maximum Gasteiger partial charge on any atom is 0.0140 e. The molecule has 8 nitrogen and oxygen atoms in total. The fourth-order valence-corrected chi connectivity index (χ4v) is 26.1. The van der Waals surface area contributed by atoms with Gasteiger partial charge in [-0.15, -0.1) is 21.7 Å². The number of hydrogen-bond acceptors (Lipinski definition) is 8. The minimum atomic E-state index is -1.77. The Kier molecular flexibility index (Phi) is 49.4. The van der Waals surface area contributed by atoms with Crippen LogP contribution in [-0.4, -0.2) is 65.0 Å². The molecule has 12 rings (SSSR count). The van der Waals surface area contributed by atoms with Gasteiger partial charge >= 0.3 is 391 Å². The third-order valence-electron chi connectivity index (χ3n) is 23.6. The number of hydrogen-bond donors (Lipinski definition) is 0. The molecule has 134 heavy (non-hydrogen) atoms. The molecule has 0 N–H and O–H groups in total. The van der Waals surface area contributed by atoms with E-state index < -0.39 is 54.1 Å². The Morgan fingerprint density at radius 1 is 0.306 bits per heavy atom. The molecule has 0 atom stereocenters. The predicted molar refractivity (Wildman–Crippen MR) is 583 cm³/mol. The van der Waals surface area contributed by atoms with Crippen LogP contribution in [-0.2, 0) is 66.9 Å². The molecule has 0 radical (unpaired) electrons. The van der Waals surface area contributed by atoms with Gasteiger partial charge in [-0.05, 0) is 158 Å². The maximum atomic E-state index is 5.82. The summed E-state index contributed by atoms with van der Waals surface area (Å²) in [6.07, 6.45) is 10.2. The molecule has 0 bridgehead atoms. The largest absolute Gasteiger partial charge is 0.517 e. The van der Waals surface area contributed by atoms with Gasteiger partial charge < -0.3 is 19.6 Å². The van der Waals surface area contributed by atoms with Crippen LogP contribution in [0.1, 0.15) is 332 Å². The fraction of sp³-hybridized carbons (Fsp3) is 0.509. The Balaban J connectivity index is 0.000000272. The number of anilines is 4. The van der Waals surface area contributed by atoms with Crippen molar-refractivity contribution in [1.29, 1.82) is 0 Å². The quantitative estimate of drug-likeness (QED) is 0.0464. The molecule has 0 saturated carbocycles. The van der Waals surface area contributed by atoms with Gasteiger partial charge in [-0.25, -0.2) is 26.2 Å². The van der Waals surface area contributed by atoms with E-state index >= 15 is 0 Å². The van der Waals surface area contributed by atoms with Crippen LogP contribution in [0.4, 0.5) is 22.7 Å². The van der Waals surface area contributed by atoms with Gasteiger partial charge in [0.05, 0.1) is 0 Å². The van der Waals surface area contributed by atoms with Crippen LogP contribution in [0.25, 0.3) is 0 Å². The van der Waals surface area contributed by atoms with Crippen LogP contribution in [0.2, 0.25) is 0 Å². The summed E-state index contributed by atoms with van der Waals surface area (Å²) in [5.74, 6) is 5.20. The molecule has 4 aliphatic heterocycles. The maximum absolute atomic E-state index is 5.82. The van der Waals surface area contributed by atoms with Crippen molar-refractivity contribution in [3.05, 3.63) is 263 Å². The van der Waals surface area contributed by atoms with E-state index in [1.807, 2.05) is 171 Å². The summed E-state index contributed by atoms with van der Waals surface area (Å²) in [6.45, 7) is 88.4. The van der Waals surface area contributed by atoms with Crippen LogP contribution in [0.15, 0.2) is 170 Å². The average Bonchev–Trinajstić information content (AvgIpc) is 1.66. The third kappa shape index (κ3) is 38.6. The van der Waals surface area contributed by atoms with Gasteiger partial charge in [0.15, 0.2) is 0 Å². The summed E-state index contributed by atoms with van der Waals surface area (Å²) in [5.41, 5.74) is 23.1. The zero-order valence-electron chi connectivity index (χ0n) is 87.3. The van der Waals surface area contributed by atoms with Crippen LogP contribution < -0.4 is 38.5 Å². The molecule has 4 heterocycles. The number of rotatable bonds is 23. The Hall–Kier alpha value is -3.55. The number of halogens is 8. The van der Waals surface area contributed by atoms with Crippen LogP contribution in [0.5, 0.6) is 23.0 Å². The smallest absolute Gasteiger partial charge is 0.0140 e. The van der Waals surface area contributed by atoms with Crippen molar-refractivity contribution < 1.29 is 73.0 Å². The van der Waals surface area contributed by atoms with E-state index in [1.54, 1.807) is 0 Å². The zero-order valence-corrected chi connectivity index (χ0v) is 100. The van der Waals surface area contributed by atoms with Crippen molar-refractivity contribution in [2.75, 3.05) is 19.6 Å². The molecular weight excluding hydrogens is 2180 g/mol. The first-order valence-corrected chi connectivity index (χ1v) is 69.4. The summed E-state index contributed by atoms with van der Waals surface area (Å²) in [6, 6.07) is 58.0. The second kappa shape index (κ2) is 54.8. The average molecular weight is 2340 g/mol. The van der Waals surface area contributed by atoms with Crippen molar-refractivity contribution >= 4 is 119 Å². The Morgan fingerprint density at radius 3 is 0.776 bits per heavy atom. The molecule has 0 aliphatic carbocycles. The molecular formula is C114H164Cl8N4O4Ru4-4. The van der Waals surface area contributed by atoms with Gasteiger partial charge in [-0.2, -0.15) is 0 Å². The molecule has 20 heteroatoms. The summed E-state index contributed by atoms with van der Waals surface area (Å²) in [4.78, 5) is 10.2. The van der Waals surface area contributed by atoms with Gasteiger partial charge in [0.2, 0.25) is 0 Å². The van der Waals surface area contributed by atoms with E-state index in [0.29, 0.717) is 23.2 Å². The van der Waals surface area contributed by atoms with Gasteiger partial charge in [0, 0.05) is 44.9 Å². The number of aryl methyl sites for hydroxylation is 5. The number of benzene rings is 8. The van der Waals surface area contributed by atoms with E-state index in [4.69, 9.17) is 96.5 Å². The summed E-state index contributed by atoms with van der Waals surface area (Å²) < 4.78 is 30.1. The van der Waals surface area contributed by atoms with Crippen molar-refractivity contribution in [2.24, 2.45) is 27.6 Å². The number of para-hydroxylation sites is 8.